The van der Waals surface area contributed by atoms with E-state index in [4.69, 9.17) is 27.9 Å². The molecule has 0 amide bonds. The number of nitriles is 2. The molecule has 7 nitrogen and oxygen atoms in total. The Kier molecular flexibility index (Phi) is 3.42. The minimum Gasteiger partial charge on any atom is -0.595 e. The molecule has 1 unspecified atom stereocenters. The molecule has 0 saturated carbocycles. The molecule has 2 aromatic rings. The fourth-order valence-electron chi connectivity index (χ4n) is 1.59. The summed E-state index contributed by atoms with van der Waals surface area (Å²) in [4.78, 5) is 2.87. The molecule has 19 heavy (non-hydrogen) atoms. The van der Waals surface area contributed by atoms with E-state index in [0.29, 0.717) is 11.0 Å². The average Bonchev–Trinajstić information content (AvgIpc) is 2.70. The highest BCUT2D eigenvalue weighted by molar-refractivity contribution is 7.71. The van der Waals surface area contributed by atoms with E-state index in [1.807, 2.05) is 0 Å². The Bertz CT molecular complexity index is 787. The van der Waals surface area contributed by atoms with Gasteiger partial charge in [-0.1, -0.05) is 0 Å². The first-order chi connectivity index (χ1) is 9.06. The Morgan fingerprint density at radius 3 is 2.74 bits per heavy atom. The van der Waals surface area contributed by atoms with Gasteiger partial charge in [0.25, 0.3) is 0 Å². The van der Waals surface area contributed by atoms with Crippen molar-refractivity contribution in [2.24, 2.45) is 0 Å². The van der Waals surface area contributed by atoms with Crippen LogP contribution in [0.5, 0.6) is 0 Å². The SMILES string of the molecule is N#CC(C#N)=Cn1c(=S)[nH]c2ccc([NH+]([O-])O)cc21. The van der Waals surface area contributed by atoms with Gasteiger partial charge in [0.1, 0.15) is 17.7 Å². The van der Waals surface area contributed by atoms with Crippen molar-refractivity contribution in [3.63, 3.8) is 0 Å². The molecule has 1 atom stereocenters. The molecule has 0 bridgehead atoms. The molecule has 3 N–H and O–H groups in total. The molecule has 2 rings (SSSR count). The van der Waals surface area contributed by atoms with Crippen LogP contribution in [0, 0.1) is 32.6 Å². The van der Waals surface area contributed by atoms with Gasteiger partial charge >= 0.3 is 0 Å². The molecule has 94 valence electrons. The number of allylic oxidation sites excluding steroid dienone is 1. The molecule has 0 aliphatic heterocycles. The molecule has 1 heterocycles. The van der Waals surface area contributed by atoms with E-state index < -0.39 is 5.23 Å². The van der Waals surface area contributed by atoms with Crippen molar-refractivity contribution < 1.29 is 10.4 Å². The van der Waals surface area contributed by atoms with E-state index in [0.717, 1.165) is 0 Å². The van der Waals surface area contributed by atoms with E-state index in [1.165, 1.54) is 22.9 Å². The van der Waals surface area contributed by atoms with Gasteiger partial charge in [-0.3, -0.25) is 4.57 Å². The van der Waals surface area contributed by atoms with E-state index >= 15 is 0 Å². The first kappa shape index (κ1) is 13.0. The summed E-state index contributed by atoms with van der Waals surface area (Å²) in [6.45, 7) is 0. The molecule has 0 aliphatic carbocycles. The highest BCUT2D eigenvalue weighted by atomic mass is 32.1. The summed E-state index contributed by atoms with van der Waals surface area (Å²) in [5, 5.41) is 36.3. The number of hydrogen-bond acceptors (Lipinski definition) is 5. The minimum atomic E-state index is -1.06. The summed E-state index contributed by atoms with van der Waals surface area (Å²) < 4.78 is 1.68. The fourth-order valence-corrected chi connectivity index (χ4v) is 1.86. The van der Waals surface area contributed by atoms with Crippen LogP contribution in [0.4, 0.5) is 5.69 Å². The minimum absolute atomic E-state index is 0.0964. The van der Waals surface area contributed by atoms with Crippen LogP contribution in [0.1, 0.15) is 0 Å². The third-order valence-corrected chi connectivity index (χ3v) is 2.76. The number of H-pyrrole nitrogens is 1. The van der Waals surface area contributed by atoms with Crippen molar-refractivity contribution >= 4 is 35.1 Å². The normalized spacial score (nSPS) is 11.6. The third-order valence-electron chi connectivity index (χ3n) is 2.46. The average molecular weight is 273 g/mol. The Morgan fingerprint density at radius 1 is 1.47 bits per heavy atom. The van der Waals surface area contributed by atoms with Crippen molar-refractivity contribution in [2.75, 3.05) is 0 Å². The maximum absolute atomic E-state index is 10.9. The second-order valence-corrected chi connectivity index (χ2v) is 3.99. The first-order valence-corrected chi connectivity index (χ1v) is 5.47. The van der Waals surface area contributed by atoms with Crippen molar-refractivity contribution in [3.8, 4) is 12.1 Å². The van der Waals surface area contributed by atoms with Gasteiger partial charge in [-0.05, 0) is 18.3 Å². The summed E-state index contributed by atoms with van der Waals surface area (Å²) in [5.41, 5.74) is 1.09. The molecule has 0 saturated heterocycles. The molecule has 8 heteroatoms. The number of fused-ring (bicyclic) bond motifs is 1. The monoisotopic (exact) mass is 273 g/mol. The van der Waals surface area contributed by atoms with Crippen molar-refractivity contribution in [1.82, 2.24) is 9.55 Å². The van der Waals surface area contributed by atoms with Gasteiger partial charge in [-0.25, -0.2) is 5.21 Å². The second-order valence-electron chi connectivity index (χ2n) is 3.60. The number of benzene rings is 1. The number of aromatic amines is 1. The zero-order valence-corrected chi connectivity index (χ0v) is 10.2. The molecular weight excluding hydrogens is 266 g/mol. The lowest BCUT2D eigenvalue weighted by Crippen LogP contribution is -2.99. The van der Waals surface area contributed by atoms with Gasteiger partial charge in [0, 0.05) is 18.3 Å². The van der Waals surface area contributed by atoms with Crippen LogP contribution in [0.3, 0.4) is 0 Å². The number of aromatic nitrogens is 2. The molecule has 0 spiro atoms. The lowest BCUT2D eigenvalue weighted by atomic mass is 10.2. The number of nitrogens with zero attached hydrogens (tertiary/aromatic N) is 3. The van der Waals surface area contributed by atoms with Gasteiger partial charge in [-0.15, -0.1) is 0 Å². The van der Waals surface area contributed by atoms with Gasteiger partial charge in [0.2, 0.25) is 0 Å². The summed E-state index contributed by atoms with van der Waals surface area (Å²) >= 11 is 5.07. The van der Waals surface area contributed by atoms with Crippen LogP contribution >= 0.6 is 12.2 Å². The van der Waals surface area contributed by atoms with Crippen LogP contribution in [-0.2, 0) is 0 Å². The standard InChI is InChI=1S/C11H7N5O2S/c12-4-7(5-13)6-15-10-3-8(16(17)18)1-2-9(10)14-11(15)19/h1-3,6,16-17H,(H,14,19). The zero-order chi connectivity index (χ0) is 14.0. The molecule has 0 radical (unpaired) electrons. The predicted octanol–water partition coefficient (Wildman–Crippen LogP) is 0.990. The zero-order valence-electron chi connectivity index (χ0n) is 9.41. The third kappa shape index (κ3) is 2.38. The van der Waals surface area contributed by atoms with Crippen molar-refractivity contribution in [3.05, 3.63) is 33.8 Å². The first-order valence-electron chi connectivity index (χ1n) is 5.06. The predicted molar refractivity (Wildman–Crippen MR) is 68.4 cm³/mol. The highest BCUT2D eigenvalue weighted by Gasteiger charge is 2.08. The maximum atomic E-state index is 10.9. The van der Waals surface area contributed by atoms with Crippen LogP contribution in [-0.4, -0.2) is 14.8 Å². The lowest BCUT2D eigenvalue weighted by molar-refractivity contribution is -0.991. The largest absolute Gasteiger partial charge is 0.595 e. The molecule has 1 aromatic heterocycles. The van der Waals surface area contributed by atoms with Crippen LogP contribution in [0.25, 0.3) is 17.2 Å². The van der Waals surface area contributed by atoms with E-state index in [9.17, 15) is 5.21 Å². The van der Waals surface area contributed by atoms with E-state index in [-0.39, 0.29) is 16.0 Å². The topological polar surface area (TPSA) is 116 Å². The lowest BCUT2D eigenvalue weighted by Gasteiger charge is -2.11. The molecular formula is C11H7N5O2S. The van der Waals surface area contributed by atoms with Crippen molar-refractivity contribution in [1.29, 1.82) is 10.5 Å². The van der Waals surface area contributed by atoms with E-state index in [1.54, 1.807) is 18.2 Å². The van der Waals surface area contributed by atoms with Crippen LogP contribution in [0.2, 0.25) is 0 Å². The quantitative estimate of drug-likeness (QED) is 0.428. The Hall–Kier alpha value is -2.49. The van der Waals surface area contributed by atoms with Gasteiger partial charge in [-0.2, -0.15) is 15.8 Å². The number of quaternary nitrogens is 1. The van der Waals surface area contributed by atoms with E-state index in [2.05, 4.69) is 4.98 Å². The maximum Gasteiger partial charge on any atom is 0.182 e. The van der Waals surface area contributed by atoms with Crippen LogP contribution < -0.4 is 5.23 Å². The summed E-state index contributed by atoms with van der Waals surface area (Å²) in [7, 11) is 0. The summed E-state index contributed by atoms with van der Waals surface area (Å²) in [6, 6.07) is 7.89. The highest BCUT2D eigenvalue weighted by Crippen LogP contribution is 2.18. The summed E-state index contributed by atoms with van der Waals surface area (Å²) in [5.74, 6) is 0. The van der Waals surface area contributed by atoms with Gasteiger partial charge < -0.3 is 10.2 Å². The number of nitrogens with one attached hydrogen (secondary N) is 2. The van der Waals surface area contributed by atoms with Gasteiger partial charge in [0.15, 0.2) is 10.5 Å². The smallest absolute Gasteiger partial charge is 0.182 e. The number of imidazole rings is 1. The van der Waals surface area contributed by atoms with Gasteiger partial charge in [0.05, 0.1) is 11.0 Å². The Labute approximate surface area is 112 Å². The second kappa shape index (κ2) is 5.02. The van der Waals surface area contributed by atoms with Crippen LogP contribution in [0.15, 0.2) is 23.8 Å². The number of rotatable bonds is 2. The Balaban J connectivity index is 2.74. The molecule has 0 fully saturated rings. The number of hydrogen-bond donors (Lipinski definition) is 3. The summed E-state index contributed by atoms with van der Waals surface area (Å²) in [6.07, 6.45) is 1.27. The Morgan fingerprint density at radius 2 is 2.16 bits per heavy atom. The molecule has 1 aromatic carbocycles. The fraction of sp³-hybridized carbons (Fsp3) is 0. The molecule has 0 aliphatic rings. The van der Waals surface area contributed by atoms with Crippen molar-refractivity contribution in [2.45, 2.75) is 0 Å².